The van der Waals surface area contributed by atoms with Crippen LogP contribution in [0.4, 0.5) is 0 Å². The predicted molar refractivity (Wildman–Crippen MR) is 32.8 cm³/mol. The third kappa shape index (κ3) is 3.26. The van der Waals surface area contributed by atoms with Gasteiger partial charge in [0.1, 0.15) is 0 Å². The predicted octanol–water partition coefficient (Wildman–Crippen LogP) is 0.420. The molecule has 3 N–H and O–H groups in total. The fourth-order valence-corrected chi connectivity index (χ4v) is 1.32. The molecule has 0 heterocycles. The van der Waals surface area contributed by atoms with Gasteiger partial charge >= 0.3 is 7.28 Å². The van der Waals surface area contributed by atoms with Gasteiger partial charge in [0.05, 0.1) is 6.61 Å². The standard InChI is InChI=1S/C2H8O5P2/c1-2-7-9(5,6)8(3)4/h3-4H,2H2,1H3,(H,5,6). The van der Waals surface area contributed by atoms with E-state index in [2.05, 4.69) is 4.52 Å². The third-order valence-electron chi connectivity index (χ3n) is 0.523. The molecule has 1 unspecified atom stereocenters. The van der Waals surface area contributed by atoms with E-state index in [1.165, 1.54) is 6.92 Å². The molecule has 0 amide bonds. The highest BCUT2D eigenvalue weighted by Crippen LogP contribution is 2.68. The quantitative estimate of drug-likeness (QED) is 0.539. The van der Waals surface area contributed by atoms with Crippen LogP contribution in [0.15, 0.2) is 0 Å². The zero-order valence-corrected chi connectivity index (χ0v) is 6.55. The van der Waals surface area contributed by atoms with Crippen molar-refractivity contribution in [3.8, 4) is 0 Å². The van der Waals surface area contributed by atoms with Crippen molar-refractivity contribution in [1.82, 2.24) is 0 Å². The van der Waals surface area contributed by atoms with Gasteiger partial charge < -0.3 is 19.2 Å². The molecule has 0 saturated heterocycles. The molecule has 0 aromatic heterocycles. The number of hydrogen-bond donors (Lipinski definition) is 3. The number of hydrogen-bond acceptors (Lipinski definition) is 4. The van der Waals surface area contributed by atoms with E-state index in [-0.39, 0.29) is 6.61 Å². The monoisotopic (exact) mass is 174 g/mol. The molecule has 0 aliphatic rings. The Labute approximate surface area is 53.6 Å². The zero-order valence-electron chi connectivity index (χ0n) is 4.76. The van der Waals surface area contributed by atoms with Crippen LogP contribution in [0.25, 0.3) is 0 Å². The van der Waals surface area contributed by atoms with E-state index in [4.69, 9.17) is 14.7 Å². The van der Waals surface area contributed by atoms with Gasteiger partial charge in [-0.2, -0.15) is 0 Å². The molecule has 0 aliphatic carbocycles. The topological polar surface area (TPSA) is 87.0 Å². The first-order valence-corrected chi connectivity index (χ1v) is 5.69. The van der Waals surface area contributed by atoms with Crippen LogP contribution in [0.1, 0.15) is 6.92 Å². The summed E-state index contributed by atoms with van der Waals surface area (Å²) in [6, 6.07) is 0. The van der Waals surface area contributed by atoms with Gasteiger partial charge in [-0.25, -0.2) is 0 Å². The Kier molecular flexibility index (Phi) is 3.82. The SMILES string of the molecule is CCOP(=O)(O)P(O)O. The van der Waals surface area contributed by atoms with Gasteiger partial charge in [0.2, 0.25) is 0 Å². The fourth-order valence-electron chi connectivity index (χ4n) is 0.220. The fraction of sp³-hybridized carbons (Fsp3) is 1.00. The minimum atomic E-state index is -4.09. The molecule has 7 heteroatoms. The maximum absolute atomic E-state index is 10.4. The first-order chi connectivity index (χ1) is 4.00. The number of rotatable bonds is 3. The molecule has 1 atom stereocenters. The highest BCUT2D eigenvalue weighted by atomic mass is 32.1. The Balaban J connectivity index is 3.87. The van der Waals surface area contributed by atoms with E-state index < -0.39 is 15.3 Å². The van der Waals surface area contributed by atoms with Crippen LogP contribution in [-0.2, 0) is 9.09 Å². The van der Waals surface area contributed by atoms with Gasteiger partial charge in [0, 0.05) is 0 Å². The molecule has 56 valence electrons. The second-order valence-corrected chi connectivity index (χ2v) is 5.54. The van der Waals surface area contributed by atoms with E-state index >= 15 is 0 Å². The molecule has 5 nitrogen and oxygen atoms in total. The lowest BCUT2D eigenvalue weighted by Crippen LogP contribution is -1.85. The summed E-state index contributed by atoms with van der Waals surface area (Å²) < 4.78 is 14.5. The van der Waals surface area contributed by atoms with E-state index in [9.17, 15) is 4.57 Å². The van der Waals surface area contributed by atoms with Crippen molar-refractivity contribution >= 4 is 15.3 Å². The lowest BCUT2D eigenvalue weighted by Gasteiger charge is -2.09. The maximum Gasteiger partial charge on any atom is 0.402 e. The lowest BCUT2D eigenvalue weighted by atomic mass is 10.9. The van der Waals surface area contributed by atoms with E-state index in [0.717, 1.165) is 0 Å². The molecule has 0 saturated carbocycles. The van der Waals surface area contributed by atoms with Crippen LogP contribution in [0.3, 0.4) is 0 Å². The molecular weight excluding hydrogens is 166 g/mol. The van der Waals surface area contributed by atoms with E-state index in [1.54, 1.807) is 0 Å². The van der Waals surface area contributed by atoms with Crippen LogP contribution in [-0.4, -0.2) is 21.3 Å². The summed E-state index contributed by atoms with van der Waals surface area (Å²) in [5.41, 5.74) is 0. The van der Waals surface area contributed by atoms with Gasteiger partial charge in [-0.3, -0.25) is 4.57 Å². The average Bonchev–Trinajstić information content (AvgIpc) is 1.65. The van der Waals surface area contributed by atoms with Crippen LogP contribution in [0, 0.1) is 0 Å². The van der Waals surface area contributed by atoms with Crippen LogP contribution < -0.4 is 0 Å². The molecule has 0 rings (SSSR count). The molecular formula is C2H8O5P2. The summed E-state index contributed by atoms with van der Waals surface area (Å²) in [6.45, 7) is 1.48. The van der Waals surface area contributed by atoms with Crippen molar-refractivity contribution in [1.29, 1.82) is 0 Å². The average molecular weight is 174 g/mol. The summed E-state index contributed by atoms with van der Waals surface area (Å²) in [6.07, 6.45) is 0. The molecule has 0 aromatic carbocycles. The maximum atomic E-state index is 10.4. The van der Waals surface area contributed by atoms with Crippen molar-refractivity contribution < 1.29 is 23.8 Å². The van der Waals surface area contributed by atoms with E-state index in [0.29, 0.717) is 0 Å². The molecule has 0 aliphatic heterocycles. The molecule has 0 aromatic rings. The minimum absolute atomic E-state index is 0.00622. The Morgan fingerprint density at radius 2 is 2.11 bits per heavy atom. The Morgan fingerprint density at radius 3 is 2.22 bits per heavy atom. The van der Waals surface area contributed by atoms with Gasteiger partial charge in [0.25, 0.3) is 8.06 Å². The highest BCUT2D eigenvalue weighted by molar-refractivity contribution is 8.23. The Bertz CT molecular complexity index is 122. The normalized spacial score (nSPS) is 17.9. The third-order valence-corrected chi connectivity index (χ3v) is 3.27. The van der Waals surface area contributed by atoms with Crippen molar-refractivity contribution in [2.45, 2.75) is 6.92 Å². The smallest absolute Gasteiger partial charge is 0.341 e. The van der Waals surface area contributed by atoms with Gasteiger partial charge in [-0.15, -0.1) is 0 Å². The Morgan fingerprint density at radius 1 is 1.67 bits per heavy atom. The van der Waals surface area contributed by atoms with Crippen LogP contribution in [0.5, 0.6) is 0 Å². The summed E-state index contributed by atoms with van der Waals surface area (Å²) in [5.74, 6) is 0. The largest absolute Gasteiger partial charge is 0.402 e. The highest BCUT2D eigenvalue weighted by Gasteiger charge is 2.29. The van der Waals surface area contributed by atoms with Crippen molar-refractivity contribution in [2.24, 2.45) is 0 Å². The second-order valence-electron chi connectivity index (χ2n) is 1.18. The first-order valence-electron chi connectivity index (χ1n) is 2.16. The van der Waals surface area contributed by atoms with Gasteiger partial charge in [-0.05, 0) is 6.92 Å². The second kappa shape index (κ2) is 3.62. The van der Waals surface area contributed by atoms with Crippen LogP contribution in [0.2, 0.25) is 0 Å². The molecule has 0 spiro atoms. The van der Waals surface area contributed by atoms with Crippen molar-refractivity contribution in [2.75, 3.05) is 6.61 Å². The first kappa shape index (κ1) is 9.50. The molecule has 0 bridgehead atoms. The van der Waals surface area contributed by atoms with Gasteiger partial charge in [0.15, 0.2) is 0 Å². The minimum Gasteiger partial charge on any atom is -0.341 e. The van der Waals surface area contributed by atoms with Crippen LogP contribution >= 0.6 is 15.3 Å². The Hall–Kier alpha value is 0.500. The lowest BCUT2D eigenvalue weighted by molar-refractivity contribution is 0.282. The van der Waals surface area contributed by atoms with E-state index in [1.807, 2.05) is 0 Å². The summed E-state index contributed by atoms with van der Waals surface area (Å²) in [5, 5.41) is 0. The van der Waals surface area contributed by atoms with Gasteiger partial charge in [-0.1, -0.05) is 0 Å². The molecule has 9 heavy (non-hydrogen) atoms. The molecule has 0 radical (unpaired) electrons. The zero-order chi connectivity index (χ0) is 7.49. The molecule has 0 fully saturated rings. The summed E-state index contributed by atoms with van der Waals surface area (Å²) in [4.78, 5) is 24.8. The summed E-state index contributed by atoms with van der Waals surface area (Å²) >= 11 is 0. The van der Waals surface area contributed by atoms with Crippen molar-refractivity contribution in [3.63, 3.8) is 0 Å². The van der Waals surface area contributed by atoms with Crippen molar-refractivity contribution in [3.05, 3.63) is 0 Å². The summed E-state index contributed by atoms with van der Waals surface area (Å²) in [7, 11) is -6.95.